The van der Waals surface area contributed by atoms with Gasteiger partial charge in [0.1, 0.15) is 6.54 Å². The Hall–Kier alpha value is -3.68. The van der Waals surface area contributed by atoms with Crippen LogP contribution < -0.4 is 21.5 Å². The average Bonchev–Trinajstić information content (AvgIpc) is 3.06. The molecule has 2 aromatic carbocycles. The Kier molecular flexibility index (Phi) is 5.97. The van der Waals surface area contributed by atoms with E-state index >= 15 is 0 Å². The first kappa shape index (κ1) is 20.6. The van der Waals surface area contributed by atoms with Crippen LogP contribution in [0.1, 0.15) is 36.2 Å². The smallest absolute Gasteiger partial charge is 0.275 e. The molecule has 1 saturated heterocycles. The Morgan fingerprint density at radius 2 is 1.58 bits per heavy atom. The molecule has 1 aliphatic rings. The maximum absolute atomic E-state index is 12.7. The van der Waals surface area contributed by atoms with Gasteiger partial charge >= 0.3 is 0 Å². The highest BCUT2D eigenvalue weighted by atomic mass is 16.2. The van der Waals surface area contributed by atoms with E-state index in [0.29, 0.717) is 16.5 Å². The third-order valence-corrected chi connectivity index (χ3v) is 5.52. The Bertz CT molecular complexity index is 1160. The summed E-state index contributed by atoms with van der Waals surface area (Å²) in [5.41, 5.74) is 6.70. The topological polar surface area (TPSA) is 110 Å². The van der Waals surface area contributed by atoms with Gasteiger partial charge in [0.15, 0.2) is 5.69 Å². The van der Waals surface area contributed by atoms with Crippen molar-refractivity contribution in [3.63, 3.8) is 0 Å². The van der Waals surface area contributed by atoms with Crippen molar-refractivity contribution in [1.82, 2.24) is 9.78 Å². The first-order valence-corrected chi connectivity index (χ1v) is 10.5. The van der Waals surface area contributed by atoms with Crippen molar-refractivity contribution in [3.8, 4) is 0 Å². The minimum Gasteiger partial charge on any atom is -0.372 e. The van der Waals surface area contributed by atoms with Gasteiger partial charge < -0.3 is 16.0 Å². The number of hydrogen-bond donors (Lipinski definition) is 2. The molecular weight excluding hydrogens is 394 g/mol. The lowest BCUT2D eigenvalue weighted by molar-refractivity contribution is -0.117. The second kappa shape index (κ2) is 8.99. The molecule has 31 heavy (non-hydrogen) atoms. The van der Waals surface area contributed by atoms with E-state index in [-0.39, 0.29) is 12.2 Å². The zero-order valence-corrected chi connectivity index (χ0v) is 17.2. The summed E-state index contributed by atoms with van der Waals surface area (Å²) in [5.74, 6) is -1.17. The van der Waals surface area contributed by atoms with E-state index in [0.717, 1.165) is 23.5 Å². The van der Waals surface area contributed by atoms with Gasteiger partial charge in [-0.1, -0.05) is 31.0 Å². The number of carbonyl (C=O) groups is 2. The maximum atomic E-state index is 12.7. The summed E-state index contributed by atoms with van der Waals surface area (Å²) >= 11 is 0. The predicted molar refractivity (Wildman–Crippen MR) is 120 cm³/mol. The number of benzene rings is 2. The van der Waals surface area contributed by atoms with E-state index in [9.17, 15) is 14.4 Å². The number of fused-ring (bicyclic) bond motifs is 1. The van der Waals surface area contributed by atoms with Gasteiger partial charge in [0, 0.05) is 29.9 Å². The van der Waals surface area contributed by atoms with E-state index in [1.54, 1.807) is 24.3 Å². The van der Waals surface area contributed by atoms with Gasteiger partial charge in [-0.25, -0.2) is 4.68 Å². The predicted octanol–water partition coefficient (Wildman–Crippen LogP) is 2.51. The first-order chi connectivity index (χ1) is 15.0. The highest BCUT2D eigenvalue weighted by molar-refractivity contribution is 6.04. The standard InChI is InChI=1S/C23H25N5O3/c24-22(30)21-18-7-3-4-8-19(18)23(31)28(26-21)15-20(29)25-16-9-11-17(12-10-16)27-13-5-1-2-6-14-27/h3-4,7-12H,1-2,5-6,13-15H2,(H2,24,30)(H,25,29). The highest BCUT2D eigenvalue weighted by Crippen LogP contribution is 2.21. The van der Waals surface area contributed by atoms with E-state index in [2.05, 4.69) is 15.3 Å². The van der Waals surface area contributed by atoms with Crippen LogP contribution in [0.3, 0.4) is 0 Å². The van der Waals surface area contributed by atoms with Crippen molar-refractivity contribution in [1.29, 1.82) is 0 Å². The molecule has 0 unspecified atom stereocenters. The molecule has 1 fully saturated rings. The Morgan fingerprint density at radius 1 is 0.935 bits per heavy atom. The molecule has 0 atom stereocenters. The van der Waals surface area contributed by atoms with E-state index in [1.165, 1.54) is 25.7 Å². The molecule has 3 aromatic rings. The number of carbonyl (C=O) groups excluding carboxylic acids is 2. The third kappa shape index (κ3) is 4.58. The summed E-state index contributed by atoms with van der Waals surface area (Å²) in [7, 11) is 0. The molecule has 8 heteroatoms. The minimum absolute atomic E-state index is 0.0372. The van der Waals surface area contributed by atoms with Crippen molar-refractivity contribution >= 4 is 34.0 Å². The van der Waals surface area contributed by atoms with Crippen LogP contribution in [0.4, 0.5) is 11.4 Å². The normalized spacial score (nSPS) is 14.3. The zero-order valence-electron chi connectivity index (χ0n) is 17.2. The molecule has 0 bridgehead atoms. The van der Waals surface area contributed by atoms with Crippen molar-refractivity contribution in [2.45, 2.75) is 32.2 Å². The summed E-state index contributed by atoms with van der Waals surface area (Å²) in [4.78, 5) is 39.4. The Labute approximate surface area is 179 Å². The van der Waals surface area contributed by atoms with Gasteiger partial charge in [0.05, 0.1) is 5.39 Å². The second-order valence-corrected chi connectivity index (χ2v) is 7.72. The van der Waals surface area contributed by atoms with Crippen LogP contribution in [0.5, 0.6) is 0 Å². The van der Waals surface area contributed by atoms with Crippen LogP contribution in [-0.4, -0.2) is 34.7 Å². The molecule has 0 spiro atoms. The van der Waals surface area contributed by atoms with E-state index in [4.69, 9.17) is 5.73 Å². The molecule has 3 N–H and O–H groups in total. The fourth-order valence-corrected chi connectivity index (χ4v) is 3.95. The number of nitrogens with one attached hydrogen (secondary N) is 1. The quantitative estimate of drug-likeness (QED) is 0.660. The van der Waals surface area contributed by atoms with Gasteiger partial charge in [-0.15, -0.1) is 0 Å². The number of anilines is 2. The van der Waals surface area contributed by atoms with Crippen molar-refractivity contribution < 1.29 is 9.59 Å². The molecular formula is C23H25N5O3. The summed E-state index contributed by atoms with van der Waals surface area (Å²) < 4.78 is 0.976. The molecule has 0 saturated carbocycles. The molecule has 1 aliphatic heterocycles. The van der Waals surface area contributed by atoms with Crippen molar-refractivity contribution in [2.75, 3.05) is 23.3 Å². The number of nitrogens with two attached hydrogens (primary N) is 1. The molecule has 4 rings (SSSR count). The van der Waals surface area contributed by atoms with Crippen LogP contribution in [-0.2, 0) is 11.3 Å². The SMILES string of the molecule is NC(=O)c1nn(CC(=O)Nc2ccc(N3CCCCCC3)cc2)c(=O)c2ccccc12. The minimum atomic E-state index is -0.755. The van der Waals surface area contributed by atoms with Crippen LogP contribution >= 0.6 is 0 Å². The lowest BCUT2D eigenvalue weighted by atomic mass is 10.1. The van der Waals surface area contributed by atoms with Crippen LogP contribution in [0.15, 0.2) is 53.3 Å². The van der Waals surface area contributed by atoms with E-state index in [1.807, 2.05) is 24.3 Å². The largest absolute Gasteiger partial charge is 0.372 e. The summed E-state index contributed by atoms with van der Waals surface area (Å²) in [5, 5.41) is 7.48. The fraction of sp³-hybridized carbons (Fsp3) is 0.304. The third-order valence-electron chi connectivity index (χ3n) is 5.52. The van der Waals surface area contributed by atoms with Gasteiger partial charge in [-0.3, -0.25) is 14.4 Å². The number of nitrogens with zero attached hydrogens (tertiary/aromatic N) is 3. The van der Waals surface area contributed by atoms with Gasteiger partial charge in [0.2, 0.25) is 5.91 Å². The molecule has 1 aromatic heterocycles. The Morgan fingerprint density at radius 3 is 2.23 bits per heavy atom. The number of primary amides is 1. The fourth-order valence-electron chi connectivity index (χ4n) is 3.95. The molecule has 0 radical (unpaired) electrons. The molecule has 2 amide bonds. The zero-order chi connectivity index (χ0) is 21.8. The molecule has 0 aliphatic carbocycles. The average molecular weight is 419 g/mol. The van der Waals surface area contributed by atoms with Gasteiger partial charge in [0.25, 0.3) is 11.5 Å². The monoisotopic (exact) mass is 419 g/mol. The number of aromatic nitrogens is 2. The summed E-state index contributed by atoms with van der Waals surface area (Å²) in [6.07, 6.45) is 4.92. The number of hydrogen-bond acceptors (Lipinski definition) is 5. The number of rotatable bonds is 5. The lowest BCUT2D eigenvalue weighted by Crippen LogP contribution is -2.32. The highest BCUT2D eigenvalue weighted by Gasteiger charge is 2.16. The van der Waals surface area contributed by atoms with Crippen molar-refractivity contribution in [2.24, 2.45) is 5.73 Å². The van der Waals surface area contributed by atoms with E-state index < -0.39 is 17.4 Å². The second-order valence-electron chi connectivity index (χ2n) is 7.72. The van der Waals surface area contributed by atoms with Crippen LogP contribution in [0, 0.1) is 0 Å². The maximum Gasteiger partial charge on any atom is 0.275 e. The van der Waals surface area contributed by atoms with Crippen LogP contribution in [0.25, 0.3) is 10.8 Å². The number of amides is 2. The molecule has 2 heterocycles. The summed E-state index contributed by atoms with van der Waals surface area (Å²) in [6.45, 7) is 1.77. The van der Waals surface area contributed by atoms with Crippen molar-refractivity contribution in [3.05, 3.63) is 64.6 Å². The van der Waals surface area contributed by atoms with Gasteiger partial charge in [-0.2, -0.15) is 5.10 Å². The lowest BCUT2D eigenvalue weighted by Gasteiger charge is -2.22. The van der Waals surface area contributed by atoms with Gasteiger partial charge in [-0.05, 0) is 43.2 Å². The Balaban J connectivity index is 1.50. The summed E-state index contributed by atoms with van der Waals surface area (Å²) in [6, 6.07) is 14.3. The first-order valence-electron chi connectivity index (χ1n) is 10.5. The molecule has 8 nitrogen and oxygen atoms in total. The van der Waals surface area contributed by atoms with Crippen LogP contribution in [0.2, 0.25) is 0 Å². The molecule has 160 valence electrons.